The monoisotopic (exact) mass is 337 g/mol. The largest absolute Gasteiger partial charge is 0.353 e. The molecule has 1 aromatic heterocycles. The van der Waals surface area contributed by atoms with Gasteiger partial charge in [0.1, 0.15) is 5.82 Å². The van der Waals surface area contributed by atoms with E-state index >= 15 is 0 Å². The van der Waals surface area contributed by atoms with Crippen molar-refractivity contribution >= 4 is 17.7 Å². The standard InChI is InChI=1S/C15H20FN5OS/c1-3-4-10(2)18-13(22)9-23-15-20-19-14(21(15)17)11-5-7-12(16)8-6-11/h5-8,10H,3-4,9,17H2,1-2H3,(H,18,22)/t10-/m0/s1. The van der Waals surface area contributed by atoms with Crippen molar-refractivity contribution in [3.05, 3.63) is 30.1 Å². The summed E-state index contributed by atoms with van der Waals surface area (Å²) in [5.74, 6) is 6.20. The molecule has 0 aliphatic heterocycles. The summed E-state index contributed by atoms with van der Waals surface area (Å²) in [5, 5.41) is 11.3. The third-order valence-corrected chi connectivity index (χ3v) is 4.17. The van der Waals surface area contributed by atoms with Gasteiger partial charge in [0.25, 0.3) is 0 Å². The number of aromatic nitrogens is 3. The van der Waals surface area contributed by atoms with Crippen LogP contribution in [0.5, 0.6) is 0 Å². The van der Waals surface area contributed by atoms with Crippen LogP contribution in [0.15, 0.2) is 29.4 Å². The maximum absolute atomic E-state index is 13.0. The van der Waals surface area contributed by atoms with Crippen LogP contribution in [0, 0.1) is 5.82 Å². The van der Waals surface area contributed by atoms with Gasteiger partial charge in [0.15, 0.2) is 5.82 Å². The fourth-order valence-electron chi connectivity index (χ4n) is 2.12. The predicted molar refractivity (Wildman–Crippen MR) is 88.8 cm³/mol. The van der Waals surface area contributed by atoms with Crippen LogP contribution in [0.3, 0.4) is 0 Å². The number of hydrogen-bond donors (Lipinski definition) is 2. The first kappa shape index (κ1) is 17.3. The van der Waals surface area contributed by atoms with Gasteiger partial charge < -0.3 is 11.2 Å². The molecule has 0 radical (unpaired) electrons. The van der Waals surface area contributed by atoms with E-state index in [9.17, 15) is 9.18 Å². The van der Waals surface area contributed by atoms with Gasteiger partial charge in [-0.1, -0.05) is 25.1 Å². The molecule has 1 heterocycles. The Balaban J connectivity index is 1.97. The van der Waals surface area contributed by atoms with E-state index in [1.165, 1.54) is 28.6 Å². The summed E-state index contributed by atoms with van der Waals surface area (Å²) in [6.45, 7) is 4.05. The third-order valence-electron chi connectivity index (χ3n) is 3.23. The Bertz CT molecular complexity index is 658. The first-order chi connectivity index (χ1) is 11.0. The van der Waals surface area contributed by atoms with Crippen molar-refractivity contribution in [2.24, 2.45) is 0 Å². The highest BCUT2D eigenvalue weighted by atomic mass is 32.2. The average molecular weight is 337 g/mol. The second-order valence-corrected chi connectivity index (χ2v) is 6.17. The molecule has 2 aromatic rings. The third kappa shape index (κ3) is 4.69. The lowest BCUT2D eigenvalue weighted by atomic mass is 10.2. The Labute approximate surface area is 138 Å². The number of nitrogen functional groups attached to an aromatic ring is 1. The summed E-state index contributed by atoms with van der Waals surface area (Å²) < 4.78 is 14.3. The highest BCUT2D eigenvalue weighted by Crippen LogP contribution is 2.21. The van der Waals surface area contributed by atoms with Crippen LogP contribution < -0.4 is 11.2 Å². The van der Waals surface area contributed by atoms with E-state index in [1.54, 1.807) is 12.1 Å². The van der Waals surface area contributed by atoms with Crippen molar-refractivity contribution in [1.29, 1.82) is 0 Å². The lowest BCUT2D eigenvalue weighted by molar-refractivity contribution is -0.119. The molecule has 0 spiro atoms. The first-order valence-electron chi connectivity index (χ1n) is 7.39. The van der Waals surface area contributed by atoms with E-state index in [1.807, 2.05) is 6.92 Å². The normalized spacial score (nSPS) is 12.1. The molecule has 0 aliphatic carbocycles. The summed E-state index contributed by atoms with van der Waals surface area (Å²) >= 11 is 1.21. The molecule has 1 amide bonds. The number of benzene rings is 1. The van der Waals surface area contributed by atoms with Crippen LogP contribution in [0.4, 0.5) is 4.39 Å². The molecule has 124 valence electrons. The van der Waals surface area contributed by atoms with E-state index in [-0.39, 0.29) is 23.5 Å². The van der Waals surface area contributed by atoms with Gasteiger partial charge in [0.05, 0.1) is 5.75 Å². The molecule has 23 heavy (non-hydrogen) atoms. The second kappa shape index (κ2) is 7.96. The zero-order valence-corrected chi connectivity index (χ0v) is 13.9. The summed E-state index contributed by atoms with van der Waals surface area (Å²) in [7, 11) is 0. The summed E-state index contributed by atoms with van der Waals surface area (Å²) in [5.41, 5.74) is 0.661. The van der Waals surface area contributed by atoms with Crippen LogP contribution in [-0.4, -0.2) is 32.6 Å². The Hall–Kier alpha value is -2.09. The minimum atomic E-state index is -0.329. The van der Waals surface area contributed by atoms with Crippen LogP contribution >= 0.6 is 11.8 Å². The Morgan fingerprint density at radius 3 is 2.74 bits per heavy atom. The van der Waals surface area contributed by atoms with E-state index in [0.717, 1.165) is 12.8 Å². The fourth-order valence-corrected chi connectivity index (χ4v) is 2.79. The van der Waals surface area contributed by atoms with Gasteiger partial charge >= 0.3 is 0 Å². The second-order valence-electron chi connectivity index (χ2n) is 5.23. The molecular formula is C15H20FN5OS. The minimum absolute atomic E-state index is 0.0673. The molecule has 2 rings (SSSR count). The molecule has 6 nitrogen and oxygen atoms in total. The van der Waals surface area contributed by atoms with Crippen molar-refractivity contribution < 1.29 is 9.18 Å². The average Bonchev–Trinajstić information content (AvgIpc) is 2.87. The van der Waals surface area contributed by atoms with Crippen molar-refractivity contribution in [3.8, 4) is 11.4 Å². The van der Waals surface area contributed by atoms with E-state index in [4.69, 9.17) is 5.84 Å². The molecule has 0 saturated carbocycles. The molecule has 8 heteroatoms. The number of nitrogens with one attached hydrogen (secondary N) is 1. The van der Waals surface area contributed by atoms with Crippen LogP contribution in [-0.2, 0) is 4.79 Å². The lowest BCUT2D eigenvalue weighted by Gasteiger charge is -2.12. The number of nitrogens with two attached hydrogens (primary N) is 1. The summed E-state index contributed by atoms with van der Waals surface area (Å²) in [6.07, 6.45) is 1.96. The summed E-state index contributed by atoms with van der Waals surface area (Å²) in [6, 6.07) is 5.98. The zero-order chi connectivity index (χ0) is 16.8. The SMILES string of the molecule is CCC[C@H](C)NC(=O)CSc1nnc(-c2ccc(F)cc2)n1N. The van der Waals surface area contributed by atoms with Crippen LogP contribution in [0.1, 0.15) is 26.7 Å². The Kier molecular flexibility index (Phi) is 5.97. The van der Waals surface area contributed by atoms with E-state index < -0.39 is 0 Å². The minimum Gasteiger partial charge on any atom is -0.353 e. The lowest BCUT2D eigenvalue weighted by Crippen LogP contribution is -2.33. The van der Waals surface area contributed by atoms with Gasteiger partial charge in [-0.3, -0.25) is 4.79 Å². The predicted octanol–water partition coefficient (Wildman–Crippen LogP) is 2.19. The van der Waals surface area contributed by atoms with Crippen LogP contribution in [0.25, 0.3) is 11.4 Å². The smallest absolute Gasteiger partial charge is 0.230 e. The van der Waals surface area contributed by atoms with Crippen molar-refractivity contribution in [3.63, 3.8) is 0 Å². The molecular weight excluding hydrogens is 317 g/mol. The van der Waals surface area contributed by atoms with Gasteiger partial charge in [-0.2, -0.15) is 0 Å². The molecule has 0 fully saturated rings. The number of amides is 1. The molecule has 3 N–H and O–H groups in total. The number of rotatable bonds is 7. The van der Waals surface area contributed by atoms with E-state index in [2.05, 4.69) is 22.4 Å². The van der Waals surface area contributed by atoms with Gasteiger partial charge in [0.2, 0.25) is 11.1 Å². The van der Waals surface area contributed by atoms with E-state index in [0.29, 0.717) is 16.5 Å². The Morgan fingerprint density at radius 1 is 1.39 bits per heavy atom. The zero-order valence-electron chi connectivity index (χ0n) is 13.1. The maximum atomic E-state index is 13.0. The van der Waals surface area contributed by atoms with Crippen molar-refractivity contribution in [2.45, 2.75) is 37.9 Å². The van der Waals surface area contributed by atoms with Crippen LogP contribution in [0.2, 0.25) is 0 Å². The maximum Gasteiger partial charge on any atom is 0.230 e. The van der Waals surface area contributed by atoms with Gasteiger partial charge in [0, 0.05) is 11.6 Å². The van der Waals surface area contributed by atoms with Gasteiger partial charge in [-0.05, 0) is 37.6 Å². The molecule has 0 unspecified atom stereocenters. The summed E-state index contributed by atoms with van der Waals surface area (Å²) in [4.78, 5) is 11.9. The van der Waals surface area contributed by atoms with Crippen molar-refractivity contribution in [1.82, 2.24) is 20.2 Å². The molecule has 0 aliphatic rings. The molecule has 1 aromatic carbocycles. The number of thioether (sulfide) groups is 1. The number of carbonyl (C=O) groups excluding carboxylic acids is 1. The quantitative estimate of drug-likeness (QED) is 0.597. The molecule has 0 bridgehead atoms. The number of nitrogens with zero attached hydrogens (tertiary/aromatic N) is 3. The highest BCUT2D eigenvalue weighted by Gasteiger charge is 2.14. The van der Waals surface area contributed by atoms with Crippen molar-refractivity contribution in [2.75, 3.05) is 11.6 Å². The van der Waals surface area contributed by atoms with Gasteiger partial charge in [-0.25, -0.2) is 9.07 Å². The fraction of sp³-hybridized carbons (Fsp3) is 0.400. The number of carbonyl (C=O) groups is 1. The Morgan fingerprint density at radius 2 is 2.09 bits per heavy atom. The highest BCUT2D eigenvalue weighted by molar-refractivity contribution is 7.99. The first-order valence-corrected chi connectivity index (χ1v) is 8.38. The molecule has 1 atom stereocenters. The molecule has 0 saturated heterocycles. The topological polar surface area (TPSA) is 85.8 Å². The van der Waals surface area contributed by atoms with Gasteiger partial charge in [-0.15, -0.1) is 10.2 Å². The number of hydrogen-bond acceptors (Lipinski definition) is 5. The number of halogens is 1.